The molecule has 1 unspecified atom stereocenters. The molecule has 0 fully saturated rings. The fraction of sp³-hybridized carbons (Fsp3) is 0.368. The lowest BCUT2D eigenvalue weighted by Crippen LogP contribution is -2.44. The molecule has 0 aliphatic carbocycles. The van der Waals surface area contributed by atoms with Gasteiger partial charge < -0.3 is 19.4 Å². The van der Waals surface area contributed by atoms with Crippen LogP contribution < -0.4 is 10.2 Å². The van der Waals surface area contributed by atoms with Crippen LogP contribution in [-0.2, 0) is 36.8 Å². The molecule has 2 aromatic rings. The van der Waals surface area contributed by atoms with Crippen LogP contribution in [0.25, 0.3) is 0 Å². The van der Waals surface area contributed by atoms with E-state index in [1.54, 1.807) is 12.3 Å². The maximum Gasteiger partial charge on any atom is 0.328 e. The molecule has 0 bridgehead atoms. The zero-order chi connectivity index (χ0) is 20.5. The molecule has 0 aliphatic rings. The van der Waals surface area contributed by atoms with Gasteiger partial charge in [-0.1, -0.05) is 41.7 Å². The van der Waals surface area contributed by atoms with Gasteiger partial charge >= 0.3 is 16.8 Å². The molecule has 1 N–H and O–H groups in total. The molecule has 0 radical (unpaired) electrons. The van der Waals surface area contributed by atoms with E-state index in [-0.39, 0.29) is 24.3 Å². The van der Waals surface area contributed by atoms with Crippen LogP contribution in [0.15, 0.2) is 40.5 Å². The van der Waals surface area contributed by atoms with Crippen molar-refractivity contribution in [1.82, 2.24) is 9.88 Å². The Balaban J connectivity index is 1.82. The van der Waals surface area contributed by atoms with Gasteiger partial charge in [-0.3, -0.25) is 14.4 Å². The van der Waals surface area contributed by atoms with Crippen molar-refractivity contribution in [3.8, 4) is 0 Å². The summed E-state index contributed by atoms with van der Waals surface area (Å²) in [5, 5.41) is 4.22. The first kappa shape index (κ1) is 21.4. The average molecular weight is 406 g/mol. The number of esters is 2. The van der Waals surface area contributed by atoms with Crippen LogP contribution in [0.4, 0.5) is 0 Å². The van der Waals surface area contributed by atoms with E-state index in [1.807, 2.05) is 30.3 Å². The first-order chi connectivity index (χ1) is 13.4. The van der Waals surface area contributed by atoms with E-state index in [9.17, 15) is 19.2 Å². The second-order valence-electron chi connectivity index (χ2n) is 6.04. The zero-order valence-electron chi connectivity index (χ0n) is 15.7. The number of aromatic nitrogens is 1. The largest absolute Gasteiger partial charge is 0.467 e. The number of carbonyl (C=O) groups excluding carboxylic acids is 3. The first-order valence-electron chi connectivity index (χ1n) is 8.62. The summed E-state index contributed by atoms with van der Waals surface area (Å²) in [6.45, 7) is 1.45. The first-order valence-corrected chi connectivity index (χ1v) is 9.50. The molecular weight excluding hydrogens is 384 g/mol. The molecule has 1 amide bonds. The summed E-state index contributed by atoms with van der Waals surface area (Å²) in [5.41, 5.74) is 1.62. The molecule has 8 nitrogen and oxygen atoms in total. The minimum atomic E-state index is -0.884. The summed E-state index contributed by atoms with van der Waals surface area (Å²) in [6, 6.07) is 8.28. The Morgan fingerprint density at radius 2 is 1.93 bits per heavy atom. The van der Waals surface area contributed by atoms with Crippen molar-refractivity contribution in [1.29, 1.82) is 0 Å². The van der Waals surface area contributed by atoms with Gasteiger partial charge in [0.2, 0.25) is 0 Å². The van der Waals surface area contributed by atoms with Crippen molar-refractivity contribution < 1.29 is 23.9 Å². The quantitative estimate of drug-likeness (QED) is 0.625. The number of rotatable bonds is 9. The Hall–Kier alpha value is -2.94. The predicted octanol–water partition coefficient (Wildman–Crippen LogP) is 1.05. The molecule has 1 aromatic carbocycles. The van der Waals surface area contributed by atoms with E-state index in [1.165, 1.54) is 11.7 Å². The van der Waals surface area contributed by atoms with Gasteiger partial charge in [0.1, 0.15) is 6.04 Å². The van der Waals surface area contributed by atoms with Crippen molar-refractivity contribution in [2.75, 3.05) is 13.7 Å². The Kier molecular flexibility index (Phi) is 7.94. The van der Waals surface area contributed by atoms with Crippen LogP contribution in [0.3, 0.4) is 0 Å². The molecule has 1 atom stereocenters. The number of thiazole rings is 1. The highest BCUT2D eigenvalue weighted by molar-refractivity contribution is 7.07. The summed E-state index contributed by atoms with van der Waals surface area (Å²) in [6.07, 6.45) is 0.225. The molecule has 28 heavy (non-hydrogen) atoms. The van der Waals surface area contributed by atoms with Crippen LogP contribution >= 0.6 is 11.3 Å². The standard InChI is InChI=1S/C19H22N2O6S/c1-13-12-28-19(25)21(13)9-8-17(23)27-11-16(22)20-15(18(24)26-2)10-14-6-4-3-5-7-14/h3-7,12,15H,8-11H2,1-2H3,(H,20,22). The van der Waals surface area contributed by atoms with Crippen LogP contribution in [0.1, 0.15) is 17.7 Å². The van der Waals surface area contributed by atoms with Crippen molar-refractivity contribution >= 4 is 29.2 Å². The van der Waals surface area contributed by atoms with Gasteiger partial charge in [0.25, 0.3) is 5.91 Å². The monoisotopic (exact) mass is 406 g/mol. The summed E-state index contributed by atoms with van der Waals surface area (Å²) in [7, 11) is 1.24. The van der Waals surface area contributed by atoms with Gasteiger partial charge in [0.05, 0.1) is 13.5 Å². The maximum atomic E-state index is 12.1. The highest BCUT2D eigenvalue weighted by Gasteiger charge is 2.22. The van der Waals surface area contributed by atoms with E-state index < -0.39 is 30.5 Å². The van der Waals surface area contributed by atoms with E-state index in [0.29, 0.717) is 0 Å². The number of ether oxygens (including phenoxy) is 2. The van der Waals surface area contributed by atoms with Gasteiger partial charge in [-0.2, -0.15) is 0 Å². The Bertz CT molecular complexity index is 874. The van der Waals surface area contributed by atoms with E-state index in [2.05, 4.69) is 5.32 Å². The minimum Gasteiger partial charge on any atom is -0.467 e. The highest BCUT2D eigenvalue weighted by atomic mass is 32.1. The Morgan fingerprint density at radius 1 is 1.21 bits per heavy atom. The topological polar surface area (TPSA) is 104 Å². The number of nitrogens with zero attached hydrogens (tertiary/aromatic N) is 1. The normalized spacial score (nSPS) is 11.5. The fourth-order valence-electron chi connectivity index (χ4n) is 2.52. The highest BCUT2D eigenvalue weighted by Crippen LogP contribution is 2.05. The van der Waals surface area contributed by atoms with E-state index in [4.69, 9.17) is 9.47 Å². The minimum absolute atomic E-state index is 0.0325. The number of carbonyl (C=O) groups is 3. The number of amides is 1. The lowest BCUT2D eigenvalue weighted by molar-refractivity contribution is -0.150. The molecule has 0 saturated heterocycles. The molecule has 0 aliphatic heterocycles. The molecule has 0 spiro atoms. The number of aryl methyl sites for hydroxylation is 1. The molecule has 0 saturated carbocycles. The van der Waals surface area contributed by atoms with Crippen molar-refractivity contribution in [3.63, 3.8) is 0 Å². The summed E-state index contributed by atoms with van der Waals surface area (Å²) in [5.74, 6) is -1.80. The second kappa shape index (κ2) is 10.4. The molecular formula is C19H22N2O6S. The third kappa shape index (κ3) is 6.34. The van der Waals surface area contributed by atoms with Crippen LogP contribution in [0.2, 0.25) is 0 Å². The smallest absolute Gasteiger partial charge is 0.328 e. The van der Waals surface area contributed by atoms with Gasteiger partial charge in [0, 0.05) is 24.0 Å². The van der Waals surface area contributed by atoms with Crippen molar-refractivity contribution in [3.05, 3.63) is 56.6 Å². The fourth-order valence-corrected chi connectivity index (χ4v) is 3.28. The predicted molar refractivity (Wildman–Crippen MR) is 103 cm³/mol. The molecule has 1 heterocycles. The SMILES string of the molecule is COC(=O)C(Cc1ccccc1)NC(=O)COC(=O)CCn1c(C)csc1=O. The third-order valence-corrected chi connectivity index (χ3v) is 4.86. The van der Waals surface area contributed by atoms with Gasteiger partial charge in [-0.05, 0) is 12.5 Å². The second-order valence-corrected chi connectivity index (χ2v) is 6.86. The van der Waals surface area contributed by atoms with Gasteiger partial charge in [0.15, 0.2) is 6.61 Å². The molecule has 9 heteroatoms. The van der Waals surface area contributed by atoms with Crippen molar-refractivity contribution in [2.45, 2.75) is 32.4 Å². The summed E-state index contributed by atoms with van der Waals surface area (Å²) < 4.78 is 11.1. The summed E-state index contributed by atoms with van der Waals surface area (Å²) >= 11 is 1.06. The van der Waals surface area contributed by atoms with Crippen LogP contribution in [0.5, 0.6) is 0 Å². The Labute approximate surface area is 166 Å². The molecule has 2 rings (SSSR count). The zero-order valence-corrected chi connectivity index (χ0v) is 16.5. The number of nitrogens with one attached hydrogen (secondary N) is 1. The lowest BCUT2D eigenvalue weighted by atomic mass is 10.1. The van der Waals surface area contributed by atoms with E-state index >= 15 is 0 Å². The number of hydrogen-bond donors (Lipinski definition) is 1. The van der Waals surface area contributed by atoms with E-state index in [0.717, 1.165) is 22.6 Å². The number of hydrogen-bond acceptors (Lipinski definition) is 7. The summed E-state index contributed by atoms with van der Waals surface area (Å²) in [4.78, 5) is 47.3. The van der Waals surface area contributed by atoms with Crippen molar-refractivity contribution in [2.24, 2.45) is 0 Å². The lowest BCUT2D eigenvalue weighted by Gasteiger charge is -2.16. The van der Waals surface area contributed by atoms with Crippen LogP contribution in [0, 0.1) is 6.92 Å². The third-order valence-electron chi connectivity index (χ3n) is 3.98. The number of methoxy groups -OCH3 is 1. The molecule has 1 aromatic heterocycles. The van der Waals surface area contributed by atoms with Gasteiger partial charge in [-0.25, -0.2) is 4.79 Å². The maximum absolute atomic E-state index is 12.1. The molecule has 150 valence electrons. The average Bonchev–Trinajstić information content (AvgIpc) is 3.02. The number of benzene rings is 1. The van der Waals surface area contributed by atoms with Gasteiger partial charge in [-0.15, -0.1) is 0 Å². The Morgan fingerprint density at radius 3 is 2.54 bits per heavy atom. The van der Waals surface area contributed by atoms with Crippen LogP contribution in [-0.4, -0.2) is 42.2 Å².